The molecule has 0 aliphatic rings. The van der Waals surface area contributed by atoms with Gasteiger partial charge in [-0.05, 0) is 89.9 Å². The zero-order valence-electron chi connectivity index (χ0n) is 61.6. The van der Waals surface area contributed by atoms with Crippen LogP contribution in [-0.4, -0.2) is 47.4 Å². The molecule has 0 aromatic heterocycles. The highest BCUT2D eigenvalue weighted by Crippen LogP contribution is 2.20. The molecule has 536 valence electrons. The number of aliphatic hydroxyl groups is 2. The lowest BCUT2D eigenvalue weighted by Crippen LogP contribution is -2.45. The highest BCUT2D eigenvalue weighted by Gasteiger charge is 2.18. The molecule has 0 fully saturated rings. The van der Waals surface area contributed by atoms with E-state index in [1.54, 1.807) is 6.08 Å². The van der Waals surface area contributed by atoms with Gasteiger partial charge < -0.3 is 20.3 Å². The first kappa shape index (κ1) is 88.8. The second kappa shape index (κ2) is 80.3. The number of nitrogens with one attached hydrogen (secondary N) is 1. The summed E-state index contributed by atoms with van der Waals surface area (Å²) in [5.41, 5.74) is 0. The summed E-state index contributed by atoms with van der Waals surface area (Å²) in [5, 5.41) is 23.3. The number of aliphatic hydroxyl groups excluding tert-OH is 2. The first-order valence-electron chi connectivity index (χ1n) is 41.4. The van der Waals surface area contributed by atoms with Crippen molar-refractivity contribution in [1.82, 2.24) is 5.32 Å². The maximum atomic E-state index is 12.5. The van der Waals surface area contributed by atoms with E-state index >= 15 is 0 Å². The van der Waals surface area contributed by atoms with Crippen LogP contribution in [0, 0.1) is 0 Å². The fourth-order valence-electron chi connectivity index (χ4n) is 13.0. The molecular formula is C85H161NO5. The fourth-order valence-corrected chi connectivity index (χ4v) is 13.0. The number of carbonyl (C=O) groups excluding carboxylic acids is 2. The van der Waals surface area contributed by atoms with Crippen LogP contribution in [0.5, 0.6) is 0 Å². The molecule has 0 bridgehead atoms. The molecule has 1 amide bonds. The van der Waals surface area contributed by atoms with E-state index < -0.39 is 12.1 Å². The van der Waals surface area contributed by atoms with Gasteiger partial charge in [-0.15, -0.1) is 0 Å². The number of amides is 1. The Morgan fingerprint density at radius 1 is 0.308 bits per heavy atom. The molecule has 0 heterocycles. The molecule has 0 aromatic carbocycles. The Bertz CT molecular complexity index is 1520. The van der Waals surface area contributed by atoms with Crippen LogP contribution in [0.2, 0.25) is 0 Å². The number of hydrogen-bond donors (Lipinski definition) is 3. The maximum Gasteiger partial charge on any atom is 0.305 e. The van der Waals surface area contributed by atoms with Crippen LogP contribution in [0.15, 0.2) is 48.6 Å². The molecule has 0 aliphatic carbocycles. The van der Waals surface area contributed by atoms with Gasteiger partial charge in [0.15, 0.2) is 0 Å². The van der Waals surface area contributed by atoms with Crippen molar-refractivity contribution < 1.29 is 24.5 Å². The van der Waals surface area contributed by atoms with Crippen LogP contribution in [0.1, 0.15) is 457 Å². The lowest BCUT2D eigenvalue weighted by atomic mass is 10.0. The maximum absolute atomic E-state index is 12.5. The van der Waals surface area contributed by atoms with Crippen molar-refractivity contribution in [2.45, 2.75) is 469 Å². The van der Waals surface area contributed by atoms with Crippen LogP contribution in [-0.2, 0) is 14.3 Å². The third-order valence-corrected chi connectivity index (χ3v) is 19.3. The minimum Gasteiger partial charge on any atom is -0.466 e. The number of ether oxygens (including phenoxy) is 1. The first-order chi connectivity index (χ1) is 45.0. The van der Waals surface area contributed by atoms with Crippen molar-refractivity contribution in [3.63, 3.8) is 0 Å². The van der Waals surface area contributed by atoms with Gasteiger partial charge in [-0.2, -0.15) is 0 Å². The topological polar surface area (TPSA) is 95.9 Å². The second-order valence-corrected chi connectivity index (χ2v) is 28.4. The summed E-state index contributed by atoms with van der Waals surface area (Å²) in [4.78, 5) is 24.6. The Morgan fingerprint density at radius 2 is 0.549 bits per heavy atom. The smallest absolute Gasteiger partial charge is 0.305 e. The largest absolute Gasteiger partial charge is 0.466 e. The van der Waals surface area contributed by atoms with Gasteiger partial charge >= 0.3 is 5.97 Å². The molecule has 0 spiro atoms. The molecule has 6 nitrogen and oxygen atoms in total. The molecule has 91 heavy (non-hydrogen) atoms. The van der Waals surface area contributed by atoms with E-state index in [4.69, 9.17) is 4.74 Å². The van der Waals surface area contributed by atoms with E-state index in [2.05, 4.69) is 55.6 Å². The summed E-state index contributed by atoms with van der Waals surface area (Å²) < 4.78 is 5.50. The lowest BCUT2D eigenvalue weighted by molar-refractivity contribution is -0.143. The van der Waals surface area contributed by atoms with Gasteiger partial charge in [-0.25, -0.2) is 0 Å². The minimum atomic E-state index is -0.844. The van der Waals surface area contributed by atoms with Gasteiger partial charge in [-0.1, -0.05) is 403 Å². The second-order valence-electron chi connectivity index (χ2n) is 28.4. The number of allylic oxidation sites excluding steroid dienone is 7. The molecule has 6 heteroatoms. The minimum absolute atomic E-state index is 0.0117. The van der Waals surface area contributed by atoms with Crippen LogP contribution in [0.3, 0.4) is 0 Å². The Kier molecular flexibility index (Phi) is 78.3. The van der Waals surface area contributed by atoms with E-state index in [1.165, 1.54) is 379 Å². The van der Waals surface area contributed by atoms with Gasteiger partial charge in [0.25, 0.3) is 0 Å². The van der Waals surface area contributed by atoms with E-state index in [9.17, 15) is 19.8 Å². The highest BCUT2D eigenvalue weighted by atomic mass is 16.5. The third-order valence-electron chi connectivity index (χ3n) is 19.3. The molecule has 0 aliphatic heterocycles. The Labute approximate surface area is 569 Å². The first-order valence-corrected chi connectivity index (χ1v) is 41.4. The molecule has 3 N–H and O–H groups in total. The van der Waals surface area contributed by atoms with Crippen molar-refractivity contribution in [3.8, 4) is 0 Å². The summed E-state index contributed by atoms with van der Waals surface area (Å²) in [7, 11) is 0. The van der Waals surface area contributed by atoms with Gasteiger partial charge in [0.2, 0.25) is 5.91 Å². The number of carbonyl (C=O) groups is 2. The lowest BCUT2D eigenvalue weighted by Gasteiger charge is -2.20. The zero-order valence-corrected chi connectivity index (χ0v) is 61.6. The molecule has 2 unspecified atom stereocenters. The Hall–Kier alpha value is -2.18. The predicted octanol–water partition coefficient (Wildman–Crippen LogP) is 27.5. The summed E-state index contributed by atoms with van der Waals surface area (Å²) in [5.74, 6) is -0.0492. The average Bonchev–Trinajstić information content (AvgIpc) is 3.66. The summed E-state index contributed by atoms with van der Waals surface area (Å²) in [6.07, 6.45) is 107. The van der Waals surface area contributed by atoms with Gasteiger partial charge in [0.1, 0.15) is 0 Å². The summed E-state index contributed by atoms with van der Waals surface area (Å²) in [6.45, 7) is 4.94. The molecule has 0 radical (unpaired) electrons. The van der Waals surface area contributed by atoms with Crippen molar-refractivity contribution in [3.05, 3.63) is 48.6 Å². The van der Waals surface area contributed by atoms with E-state index in [-0.39, 0.29) is 18.5 Å². The van der Waals surface area contributed by atoms with Crippen molar-refractivity contribution in [2.24, 2.45) is 0 Å². The van der Waals surface area contributed by atoms with Gasteiger partial charge in [0.05, 0.1) is 25.4 Å². The average molecular weight is 1280 g/mol. The molecule has 0 aromatic rings. The van der Waals surface area contributed by atoms with Gasteiger partial charge in [0, 0.05) is 12.8 Å². The summed E-state index contributed by atoms with van der Waals surface area (Å²) >= 11 is 0. The normalized spacial score (nSPS) is 12.7. The molecule has 0 rings (SSSR count). The predicted molar refractivity (Wildman–Crippen MR) is 402 cm³/mol. The van der Waals surface area contributed by atoms with Crippen molar-refractivity contribution in [1.29, 1.82) is 0 Å². The molecule has 2 atom stereocenters. The number of esters is 1. The highest BCUT2D eigenvalue weighted by molar-refractivity contribution is 5.76. The standard InChI is InChI=1S/C85H161NO5/c1-3-5-7-9-11-13-15-17-19-21-22-40-43-46-49-53-57-61-65-69-73-77-83(88)82(81-87)86-84(89)78-74-70-66-62-58-54-50-47-44-41-38-36-34-32-30-28-26-24-23-25-27-29-31-33-35-37-39-42-45-48-52-56-60-64-68-72-76-80-91-85(90)79-75-71-67-63-59-55-51-20-18-16-14-12-10-8-6-4-2/h20,23,25,29,31,51,73,77,82-83,87-88H,3-19,21-22,24,26-28,30,32-50,52-72,74-76,78-81H2,1-2H3,(H,86,89)/b25-23-,31-29-,51-20-,77-73+. The van der Waals surface area contributed by atoms with Crippen LogP contribution in [0.4, 0.5) is 0 Å². The van der Waals surface area contributed by atoms with Crippen molar-refractivity contribution >= 4 is 11.9 Å². The summed E-state index contributed by atoms with van der Waals surface area (Å²) in [6, 6.07) is -0.627. The van der Waals surface area contributed by atoms with Crippen LogP contribution < -0.4 is 5.32 Å². The Morgan fingerprint density at radius 3 is 0.846 bits per heavy atom. The molecule has 0 saturated carbocycles. The van der Waals surface area contributed by atoms with Crippen molar-refractivity contribution in [2.75, 3.05) is 13.2 Å². The SMILES string of the molecule is CCCCCCCCC/C=C\CCCCCCCC(=O)OCCCCCCCCCCCCCCC/C=C\C/C=C\CCCCCCCCCCCCCCCCCCCC(=O)NC(CO)C(O)/C=C/CCCCCCCCCCCCCCCCCCCCC. The van der Waals surface area contributed by atoms with Crippen LogP contribution >= 0.6 is 0 Å². The number of hydrogen-bond acceptors (Lipinski definition) is 5. The van der Waals surface area contributed by atoms with Crippen LogP contribution in [0.25, 0.3) is 0 Å². The quantitative estimate of drug-likeness (QED) is 0.0320. The van der Waals surface area contributed by atoms with E-state index in [1.807, 2.05) is 6.08 Å². The monoisotopic (exact) mass is 1280 g/mol. The van der Waals surface area contributed by atoms with E-state index in [0.29, 0.717) is 19.4 Å². The number of rotatable bonds is 78. The van der Waals surface area contributed by atoms with E-state index in [0.717, 1.165) is 51.4 Å². The number of unbranched alkanes of at least 4 members (excludes halogenated alkanes) is 61. The Balaban J connectivity index is 3.38. The fraction of sp³-hybridized carbons (Fsp3) is 0.882. The van der Waals surface area contributed by atoms with Gasteiger partial charge in [-0.3, -0.25) is 9.59 Å². The zero-order chi connectivity index (χ0) is 65.6. The molecular weight excluding hydrogens is 1110 g/mol. The third kappa shape index (κ3) is 76.7. The molecule has 0 saturated heterocycles.